The van der Waals surface area contributed by atoms with Gasteiger partial charge in [0.1, 0.15) is 11.2 Å². The van der Waals surface area contributed by atoms with Crippen molar-refractivity contribution in [1.29, 1.82) is 0 Å². The van der Waals surface area contributed by atoms with Gasteiger partial charge in [-0.15, -0.1) is 6.42 Å². The molecule has 63 heavy (non-hydrogen) atoms. The number of anilines is 1. The lowest BCUT2D eigenvalue weighted by molar-refractivity contribution is 0.523. The molecule has 0 saturated heterocycles. The third-order valence-corrected chi connectivity index (χ3v) is 13.9. The number of hydrogen-bond acceptors (Lipinski definition) is 2. The van der Waals surface area contributed by atoms with E-state index >= 15 is 0 Å². The standard InChI is InChI=1S/C61H47NO/c1-4-6-9-26-45-39-61(53-32-18-16-30-48(45)53)54-35-34-50-49-31-17-19-33-56(49)63-58(50)57(54)51-36-37-60(40-55(51)61,52(5-2)43-24-12-8-13-25-43)59(47-29-15-14-21-41(47)3)62-46-28-20-27-44(38-46)42-22-10-7-11-23-42/h1,5-38,41,62H,39-40H2,2-3H3/b9-6-,45-26+,52-5-,59-47-. The molecular weight excluding hydrogens is 763 g/mol. The van der Waals surface area contributed by atoms with Crippen LogP contribution in [0, 0.1) is 23.7 Å². The van der Waals surface area contributed by atoms with Crippen molar-refractivity contribution in [1.82, 2.24) is 0 Å². The summed E-state index contributed by atoms with van der Waals surface area (Å²) >= 11 is 0. The fourth-order valence-electron chi connectivity index (χ4n) is 11.2. The van der Waals surface area contributed by atoms with Gasteiger partial charge in [-0.2, -0.15) is 0 Å². The van der Waals surface area contributed by atoms with Crippen molar-refractivity contribution in [2.75, 3.05) is 5.32 Å². The number of allylic oxidation sites excluding steroid dienone is 14. The lowest BCUT2D eigenvalue weighted by Gasteiger charge is -2.44. The van der Waals surface area contributed by atoms with Crippen molar-refractivity contribution in [3.63, 3.8) is 0 Å². The summed E-state index contributed by atoms with van der Waals surface area (Å²) in [6.45, 7) is 4.53. The number of nitrogens with one attached hydrogen (secondary N) is 1. The number of benzene rings is 6. The molecule has 3 atom stereocenters. The van der Waals surface area contributed by atoms with E-state index in [1.807, 2.05) is 6.08 Å². The first-order chi connectivity index (χ1) is 31.0. The van der Waals surface area contributed by atoms with Gasteiger partial charge in [0.25, 0.3) is 0 Å². The summed E-state index contributed by atoms with van der Waals surface area (Å²) in [5.74, 6) is 2.88. The van der Waals surface area contributed by atoms with E-state index in [1.54, 1.807) is 6.08 Å². The van der Waals surface area contributed by atoms with Crippen LogP contribution in [0.15, 0.2) is 228 Å². The maximum absolute atomic E-state index is 6.95. The van der Waals surface area contributed by atoms with Crippen LogP contribution in [0.5, 0.6) is 0 Å². The van der Waals surface area contributed by atoms with Gasteiger partial charge in [-0.25, -0.2) is 0 Å². The Balaban J connectivity index is 1.20. The molecule has 1 spiro atoms. The molecule has 6 aromatic carbocycles. The number of fused-ring (bicyclic) bond motifs is 10. The summed E-state index contributed by atoms with van der Waals surface area (Å²) in [5.41, 5.74) is 18.1. The van der Waals surface area contributed by atoms with E-state index in [1.165, 1.54) is 72.5 Å². The topological polar surface area (TPSA) is 25.2 Å². The predicted octanol–water partition coefficient (Wildman–Crippen LogP) is 15.5. The lowest BCUT2D eigenvalue weighted by atomic mass is 9.60. The maximum atomic E-state index is 6.95. The van der Waals surface area contributed by atoms with Crippen LogP contribution in [0.4, 0.5) is 5.69 Å². The quantitative estimate of drug-likeness (QED) is 0.162. The molecule has 0 saturated carbocycles. The van der Waals surface area contributed by atoms with Gasteiger partial charge in [0, 0.05) is 39.1 Å². The van der Waals surface area contributed by atoms with E-state index in [0.29, 0.717) is 0 Å². The first-order valence-corrected chi connectivity index (χ1v) is 22.1. The number of furan rings is 1. The second-order valence-electron chi connectivity index (χ2n) is 17.2. The molecule has 11 rings (SSSR count). The normalized spacial score (nSPS) is 22.6. The monoisotopic (exact) mass is 809 g/mol. The number of hydrogen-bond donors (Lipinski definition) is 1. The Morgan fingerprint density at radius 2 is 1.54 bits per heavy atom. The van der Waals surface area contributed by atoms with Crippen LogP contribution in [-0.2, 0) is 5.41 Å². The van der Waals surface area contributed by atoms with Crippen LogP contribution < -0.4 is 5.32 Å². The molecule has 3 unspecified atom stereocenters. The maximum Gasteiger partial charge on any atom is 0.143 e. The molecule has 0 fully saturated rings. The first-order valence-electron chi connectivity index (χ1n) is 22.1. The Morgan fingerprint density at radius 3 is 2.37 bits per heavy atom. The summed E-state index contributed by atoms with van der Waals surface area (Å²) in [4.78, 5) is 0. The van der Waals surface area contributed by atoms with Gasteiger partial charge < -0.3 is 9.73 Å². The van der Waals surface area contributed by atoms with E-state index in [9.17, 15) is 0 Å². The van der Waals surface area contributed by atoms with Crippen LogP contribution in [-0.4, -0.2) is 0 Å². The van der Waals surface area contributed by atoms with Crippen LogP contribution >= 0.6 is 0 Å². The molecule has 1 heterocycles. The van der Waals surface area contributed by atoms with Crippen LogP contribution in [0.3, 0.4) is 0 Å². The summed E-state index contributed by atoms with van der Waals surface area (Å²) in [5, 5.41) is 6.48. The zero-order chi connectivity index (χ0) is 42.5. The second-order valence-corrected chi connectivity index (χ2v) is 17.2. The molecule has 0 aliphatic heterocycles. The van der Waals surface area contributed by atoms with Crippen molar-refractivity contribution in [2.45, 2.75) is 32.1 Å². The number of terminal acetylenes is 1. The lowest BCUT2D eigenvalue weighted by Crippen LogP contribution is -2.35. The molecule has 2 nitrogen and oxygen atoms in total. The molecule has 4 aliphatic rings. The molecule has 0 radical (unpaired) electrons. The van der Waals surface area contributed by atoms with E-state index in [0.717, 1.165) is 40.5 Å². The van der Waals surface area contributed by atoms with E-state index < -0.39 is 10.8 Å². The van der Waals surface area contributed by atoms with Gasteiger partial charge in [-0.3, -0.25) is 0 Å². The van der Waals surface area contributed by atoms with Crippen LogP contribution in [0.2, 0.25) is 0 Å². The van der Waals surface area contributed by atoms with Crippen molar-refractivity contribution >= 4 is 44.3 Å². The largest absolute Gasteiger partial charge is 0.455 e. The molecule has 302 valence electrons. The smallest absolute Gasteiger partial charge is 0.143 e. The molecule has 2 heteroatoms. The average molecular weight is 810 g/mol. The molecule has 1 aromatic heterocycles. The highest BCUT2D eigenvalue weighted by molar-refractivity contribution is 6.12. The second kappa shape index (κ2) is 15.4. The van der Waals surface area contributed by atoms with Crippen molar-refractivity contribution in [2.24, 2.45) is 11.3 Å². The Labute approximate surface area is 370 Å². The average Bonchev–Trinajstić information content (AvgIpc) is 3.97. The minimum absolute atomic E-state index is 0.166. The number of rotatable bonds is 7. The highest BCUT2D eigenvalue weighted by Crippen LogP contribution is 2.67. The van der Waals surface area contributed by atoms with Crippen molar-refractivity contribution in [3.8, 4) is 23.5 Å². The number of para-hydroxylation sites is 1. The molecule has 1 N–H and O–H groups in total. The van der Waals surface area contributed by atoms with Crippen molar-refractivity contribution in [3.05, 3.63) is 251 Å². The zero-order valence-electron chi connectivity index (χ0n) is 35.6. The van der Waals surface area contributed by atoms with Gasteiger partial charge in [-0.1, -0.05) is 195 Å². The van der Waals surface area contributed by atoms with Crippen molar-refractivity contribution < 1.29 is 4.42 Å². The van der Waals surface area contributed by atoms with E-state index in [-0.39, 0.29) is 5.92 Å². The van der Waals surface area contributed by atoms with Crippen LogP contribution in [0.1, 0.15) is 54.5 Å². The third-order valence-electron chi connectivity index (χ3n) is 13.9. The van der Waals surface area contributed by atoms with Gasteiger partial charge in [-0.05, 0) is 105 Å². The highest BCUT2D eigenvalue weighted by Gasteiger charge is 2.56. The Hall–Kier alpha value is -7.60. The minimum atomic E-state index is -0.621. The summed E-state index contributed by atoms with van der Waals surface area (Å²) in [6.07, 6.45) is 29.7. The van der Waals surface area contributed by atoms with Gasteiger partial charge in [0.05, 0.1) is 5.41 Å². The first kappa shape index (κ1) is 38.3. The predicted molar refractivity (Wildman–Crippen MR) is 265 cm³/mol. The van der Waals surface area contributed by atoms with Gasteiger partial charge in [0.15, 0.2) is 0 Å². The SMILES string of the molecule is C#C/C=C\C=C1/CC2(C3=C(C=CC(/C(=C\C)c4ccccc4)(/C(Nc4cccc(-c5ccccc5)c4)=C4\C=CC=CC4C)C3)c3c2ccc2c3oc3ccccc32)c2ccccc21. The summed E-state index contributed by atoms with van der Waals surface area (Å²) in [6, 6.07) is 52.7. The fourth-order valence-corrected chi connectivity index (χ4v) is 11.2. The minimum Gasteiger partial charge on any atom is -0.455 e. The Bertz CT molecular complexity index is 3280. The van der Waals surface area contributed by atoms with E-state index in [2.05, 4.69) is 219 Å². The summed E-state index contributed by atoms with van der Waals surface area (Å²) in [7, 11) is 0. The zero-order valence-corrected chi connectivity index (χ0v) is 35.6. The molecular formula is C61H47NO. The molecule has 0 bridgehead atoms. The molecule has 4 aliphatic carbocycles. The van der Waals surface area contributed by atoms with Crippen LogP contribution in [0.25, 0.3) is 49.8 Å². The highest BCUT2D eigenvalue weighted by atomic mass is 16.3. The Morgan fingerprint density at radius 1 is 0.762 bits per heavy atom. The van der Waals surface area contributed by atoms with Gasteiger partial charge >= 0.3 is 0 Å². The molecule has 7 aromatic rings. The fraction of sp³-hybridized carbons (Fsp3) is 0.115. The van der Waals surface area contributed by atoms with E-state index in [4.69, 9.17) is 10.8 Å². The Kier molecular flexibility index (Phi) is 9.36. The summed E-state index contributed by atoms with van der Waals surface area (Å²) < 4.78 is 6.95. The molecule has 0 amide bonds. The third kappa shape index (κ3) is 6.03. The van der Waals surface area contributed by atoms with Gasteiger partial charge in [0.2, 0.25) is 0 Å².